The largest absolute Gasteiger partial charge is 0.503 e. The molecule has 0 aromatic carbocycles. The molecule has 0 bridgehead atoms. The SMILES string of the molecule is CO[Si](OC)(OC)C(C)CCCCC(C)[Si](OC)(OC)OC. The van der Waals surface area contributed by atoms with Crippen molar-refractivity contribution in [3.05, 3.63) is 0 Å². The Balaban J connectivity index is 4.32. The van der Waals surface area contributed by atoms with Gasteiger partial charge in [0.2, 0.25) is 0 Å². The summed E-state index contributed by atoms with van der Waals surface area (Å²) in [5.41, 5.74) is 0.550. The van der Waals surface area contributed by atoms with Crippen LogP contribution in [-0.4, -0.2) is 60.3 Å². The quantitative estimate of drug-likeness (QED) is 0.374. The Kier molecular flexibility index (Phi) is 11.0. The number of hydrogen-bond donors (Lipinski definition) is 0. The topological polar surface area (TPSA) is 55.4 Å². The number of unbranched alkanes of at least 4 members (excludes halogenated alkanes) is 1. The third-order valence-corrected chi connectivity index (χ3v) is 10.8. The predicted octanol–water partition coefficient (Wildman–Crippen LogP) is 3.08. The molecule has 2 atom stereocenters. The molecule has 0 aromatic heterocycles. The van der Waals surface area contributed by atoms with Crippen LogP contribution in [0.3, 0.4) is 0 Å². The van der Waals surface area contributed by atoms with Crippen LogP contribution in [0.1, 0.15) is 39.5 Å². The van der Waals surface area contributed by atoms with Gasteiger partial charge in [-0.25, -0.2) is 0 Å². The van der Waals surface area contributed by atoms with E-state index in [0.717, 1.165) is 25.7 Å². The van der Waals surface area contributed by atoms with E-state index in [1.807, 2.05) is 0 Å². The molecule has 2 unspecified atom stereocenters. The van der Waals surface area contributed by atoms with E-state index in [1.165, 1.54) is 0 Å². The molecule has 6 nitrogen and oxygen atoms in total. The van der Waals surface area contributed by atoms with Gasteiger partial charge in [0.25, 0.3) is 0 Å². The lowest BCUT2D eigenvalue weighted by atomic mass is 10.1. The first kappa shape index (κ1) is 22.2. The van der Waals surface area contributed by atoms with E-state index in [-0.39, 0.29) is 11.1 Å². The molecule has 0 heterocycles. The summed E-state index contributed by atoms with van der Waals surface area (Å²) < 4.78 is 33.1. The first-order chi connectivity index (χ1) is 10.4. The highest BCUT2D eigenvalue weighted by atomic mass is 28.4. The van der Waals surface area contributed by atoms with Crippen LogP contribution >= 0.6 is 0 Å². The second kappa shape index (κ2) is 10.9. The molecule has 22 heavy (non-hydrogen) atoms. The lowest BCUT2D eigenvalue weighted by Gasteiger charge is -2.31. The van der Waals surface area contributed by atoms with Crippen molar-refractivity contribution in [2.24, 2.45) is 0 Å². The van der Waals surface area contributed by atoms with Crippen LogP contribution in [0.15, 0.2) is 0 Å². The molecule has 134 valence electrons. The Hall–Kier alpha value is 0.194. The molecular weight excluding hydrogens is 320 g/mol. The monoisotopic (exact) mass is 354 g/mol. The molecule has 0 saturated carbocycles. The van der Waals surface area contributed by atoms with Gasteiger partial charge in [-0.1, -0.05) is 26.7 Å². The minimum atomic E-state index is -2.52. The van der Waals surface area contributed by atoms with Gasteiger partial charge >= 0.3 is 17.6 Å². The molecule has 0 aliphatic rings. The standard InChI is InChI=1S/C14H34O6Si2/c1-13(21(15-3,16-4)17-5)11-9-10-12-14(2)22(18-6,19-7)20-8/h13-14H,9-12H2,1-8H3. The minimum absolute atomic E-state index is 0.275. The van der Waals surface area contributed by atoms with Gasteiger partial charge in [0.15, 0.2) is 0 Å². The van der Waals surface area contributed by atoms with Gasteiger partial charge in [-0.3, -0.25) is 0 Å². The lowest BCUT2D eigenvalue weighted by molar-refractivity contribution is 0.109. The maximum atomic E-state index is 5.52. The molecule has 0 amide bonds. The van der Waals surface area contributed by atoms with Crippen LogP contribution in [0.5, 0.6) is 0 Å². The summed E-state index contributed by atoms with van der Waals surface area (Å²) in [6, 6.07) is 0. The van der Waals surface area contributed by atoms with Crippen molar-refractivity contribution >= 4 is 17.6 Å². The van der Waals surface area contributed by atoms with Crippen LogP contribution in [0.25, 0.3) is 0 Å². The third kappa shape index (κ3) is 5.38. The van der Waals surface area contributed by atoms with E-state index in [1.54, 1.807) is 42.7 Å². The van der Waals surface area contributed by atoms with Crippen molar-refractivity contribution < 1.29 is 26.6 Å². The normalized spacial score (nSPS) is 15.8. The van der Waals surface area contributed by atoms with Crippen LogP contribution in [0, 0.1) is 0 Å². The van der Waals surface area contributed by atoms with Crippen molar-refractivity contribution in [2.75, 3.05) is 42.7 Å². The number of hydrogen-bond acceptors (Lipinski definition) is 6. The van der Waals surface area contributed by atoms with Crippen LogP contribution in [0.4, 0.5) is 0 Å². The van der Waals surface area contributed by atoms with E-state index < -0.39 is 17.6 Å². The van der Waals surface area contributed by atoms with E-state index in [9.17, 15) is 0 Å². The Morgan fingerprint density at radius 1 is 0.545 bits per heavy atom. The fourth-order valence-electron chi connectivity index (χ4n) is 2.96. The molecule has 8 heteroatoms. The Morgan fingerprint density at radius 3 is 0.955 bits per heavy atom. The lowest BCUT2D eigenvalue weighted by Crippen LogP contribution is -2.47. The maximum absolute atomic E-state index is 5.52. The smallest absolute Gasteiger partial charge is 0.377 e. The second-order valence-electron chi connectivity index (χ2n) is 5.52. The highest BCUT2D eigenvalue weighted by Crippen LogP contribution is 2.32. The maximum Gasteiger partial charge on any atom is 0.503 e. The first-order valence-electron chi connectivity index (χ1n) is 7.72. The summed E-state index contributed by atoms with van der Waals surface area (Å²) in [6.45, 7) is 4.26. The molecule has 0 aliphatic carbocycles. The summed E-state index contributed by atoms with van der Waals surface area (Å²) in [5.74, 6) is 0. The number of rotatable bonds is 13. The zero-order valence-electron chi connectivity index (χ0n) is 15.4. The fraction of sp³-hybridized carbons (Fsp3) is 1.00. The van der Waals surface area contributed by atoms with Crippen molar-refractivity contribution in [3.63, 3.8) is 0 Å². The van der Waals surface area contributed by atoms with Gasteiger partial charge < -0.3 is 26.6 Å². The van der Waals surface area contributed by atoms with Gasteiger partial charge in [0, 0.05) is 53.7 Å². The molecule has 0 radical (unpaired) electrons. The first-order valence-corrected chi connectivity index (χ1v) is 11.3. The van der Waals surface area contributed by atoms with Gasteiger partial charge in [-0.2, -0.15) is 0 Å². The average Bonchev–Trinajstić information content (AvgIpc) is 2.56. The van der Waals surface area contributed by atoms with Crippen molar-refractivity contribution in [1.82, 2.24) is 0 Å². The fourth-order valence-corrected chi connectivity index (χ4v) is 7.49. The highest BCUT2D eigenvalue weighted by Gasteiger charge is 2.45. The zero-order valence-corrected chi connectivity index (χ0v) is 17.4. The molecule has 0 spiro atoms. The van der Waals surface area contributed by atoms with Crippen LogP contribution < -0.4 is 0 Å². The van der Waals surface area contributed by atoms with E-state index >= 15 is 0 Å². The van der Waals surface area contributed by atoms with Gasteiger partial charge in [-0.05, 0) is 12.8 Å². The molecule has 0 N–H and O–H groups in total. The molecule has 0 aliphatic heterocycles. The van der Waals surface area contributed by atoms with Crippen molar-refractivity contribution in [2.45, 2.75) is 50.6 Å². The average molecular weight is 355 g/mol. The van der Waals surface area contributed by atoms with Gasteiger partial charge in [0.1, 0.15) is 0 Å². The van der Waals surface area contributed by atoms with Gasteiger partial charge in [0.05, 0.1) is 0 Å². The minimum Gasteiger partial charge on any atom is -0.377 e. The molecular formula is C14H34O6Si2. The van der Waals surface area contributed by atoms with Crippen LogP contribution in [-0.2, 0) is 26.6 Å². The molecule has 0 rings (SSSR count). The molecule has 0 fully saturated rings. The summed E-state index contributed by atoms with van der Waals surface area (Å²) in [6.07, 6.45) is 4.18. The van der Waals surface area contributed by atoms with Gasteiger partial charge in [-0.15, -0.1) is 0 Å². The van der Waals surface area contributed by atoms with Crippen molar-refractivity contribution in [1.29, 1.82) is 0 Å². The summed E-state index contributed by atoms with van der Waals surface area (Å²) in [7, 11) is 4.92. The molecule has 0 aromatic rings. The Morgan fingerprint density at radius 2 is 0.773 bits per heavy atom. The van der Waals surface area contributed by atoms with E-state index in [4.69, 9.17) is 26.6 Å². The predicted molar refractivity (Wildman–Crippen MR) is 90.9 cm³/mol. The highest BCUT2D eigenvalue weighted by molar-refractivity contribution is 6.62. The molecule has 0 saturated heterocycles. The van der Waals surface area contributed by atoms with Crippen molar-refractivity contribution in [3.8, 4) is 0 Å². The Bertz CT molecular complexity index is 240. The van der Waals surface area contributed by atoms with E-state index in [2.05, 4.69) is 13.8 Å². The summed E-state index contributed by atoms with van der Waals surface area (Å²) in [4.78, 5) is 0. The Labute approximate surface area is 138 Å². The summed E-state index contributed by atoms with van der Waals surface area (Å²) in [5, 5.41) is 0. The second-order valence-corrected chi connectivity index (χ2v) is 12.4. The zero-order chi connectivity index (χ0) is 17.2. The summed E-state index contributed by atoms with van der Waals surface area (Å²) >= 11 is 0. The van der Waals surface area contributed by atoms with E-state index in [0.29, 0.717) is 0 Å². The third-order valence-electron chi connectivity index (χ3n) is 4.44. The van der Waals surface area contributed by atoms with Crippen LogP contribution in [0.2, 0.25) is 11.1 Å².